The number of nitrogens with zero attached hydrogens (tertiary/aromatic N) is 2. The molecule has 1 amide bonds. The van der Waals surface area contributed by atoms with Crippen molar-refractivity contribution in [3.63, 3.8) is 0 Å². The van der Waals surface area contributed by atoms with E-state index in [1.54, 1.807) is 36.4 Å². The summed E-state index contributed by atoms with van der Waals surface area (Å²) in [5, 5.41) is 13.9. The first-order valence-electron chi connectivity index (χ1n) is 9.55. The quantitative estimate of drug-likeness (QED) is 0.392. The normalized spacial score (nSPS) is 10.9. The fourth-order valence-corrected chi connectivity index (χ4v) is 4.46. The number of hydrogen-bond donors (Lipinski definition) is 1. The maximum absolute atomic E-state index is 13.4. The lowest BCUT2D eigenvalue weighted by molar-refractivity contribution is -0.385. The lowest BCUT2D eigenvalue weighted by atomic mass is 10.1. The predicted molar refractivity (Wildman–Crippen MR) is 123 cm³/mol. The van der Waals surface area contributed by atoms with Crippen LogP contribution < -0.4 is 19.1 Å². The molecule has 3 aromatic carbocycles. The summed E-state index contributed by atoms with van der Waals surface area (Å²) in [5.74, 6) is 0.0153. The first-order valence-corrected chi connectivity index (χ1v) is 11.0. The molecule has 0 aliphatic rings. The average Bonchev–Trinajstić information content (AvgIpc) is 2.83. The minimum atomic E-state index is -4.32. The Labute approximate surface area is 190 Å². The van der Waals surface area contributed by atoms with Gasteiger partial charge in [0.15, 0.2) is 0 Å². The van der Waals surface area contributed by atoms with E-state index in [-0.39, 0.29) is 17.0 Å². The summed E-state index contributed by atoms with van der Waals surface area (Å²) in [6.45, 7) is 0. The van der Waals surface area contributed by atoms with Crippen molar-refractivity contribution in [2.45, 2.75) is 4.90 Å². The van der Waals surface area contributed by atoms with Crippen LogP contribution in [0.25, 0.3) is 0 Å². The van der Waals surface area contributed by atoms with Crippen molar-refractivity contribution in [3.05, 3.63) is 82.4 Å². The number of sulfonamides is 1. The molecule has 3 rings (SSSR count). The summed E-state index contributed by atoms with van der Waals surface area (Å²) in [6.07, 6.45) is 0. The number of amides is 1. The van der Waals surface area contributed by atoms with E-state index in [1.807, 2.05) is 0 Å². The predicted octanol–water partition coefficient (Wildman–Crippen LogP) is 3.69. The van der Waals surface area contributed by atoms with Gasteiger partial charge in [-0.1, -0.05) is 12.1 Å². The van der Waals surface area contributed by atoms with E-state index < -0.39 is 31.4 Å². The van der Waals surface area contributed by atoms with Crippen molar-refractivity contribution in [2.24, 2.45) is 0 Å². The summed E-state index contributed by atoms with van der Waals surface area (Å²) in [4.78, 5) is 23.0. The van der Waals surface area contributed by atoms with Gasteiger partial charge in [0.1, 0.15) is 16.4 Å². The number of rotatable bonds is 8. The highest BCUT2D eigenvalue weighted by molar-refractivity contribution is 7.93. The van der Waals surface area contributed by atoms with E-state index in [0.717, 1.165) is 16.4 Å². The zero-order valence-electron chi connectivity index (χ0n) is 18.0. The van der Waals surface area contributed by atoms with Crippen molar-refractivity contribution in [3.8, 4) is 11.5 Å². The monoisotopic (exact) mass is 471 g/mol. The topological polar surface area (TPSA) is 128 Å². The van der Waals surface area contributed by atoms with E-state index in [0.29, 0.717) is 11.4 Å². The van der Waals surface area contributed by atoms with E-state index in [1.165, 1.54) is 39.5 Å². The largest absolute Gasteiger partial charge is 0.497 e. The van der Waals surface area contributed by atoms with E-state index in [9.17, 15) is 23.3 Å². The molecule has 1 N–H and O–H groups in total. The first-order chi connectivity index (χ1) is 15.7. The standard InChI is InChI=1S/C22H21N3O7S/c1-24(33(29,30)21-14-16(25(27)28)10-13-20(21)32-3)19-7-5-4-6-18(19)22(26)23-15-8-11-17(31-2)12-9-15/h4-14H,1-3H3,(H,23,26). The number of carbonyl (C=O) groups excluding carboxylic acids is 1. The Balaban J connectivity index is 1.99. The summed E-state index contributed by atoms with van der Waals surface area (Å²) in [6, 6.07) is 16.0. The molecule has 0 aliphatic carbocycles. The molecule has 0 heterocycles. The van der Waals surface area contributed by atoms with Crippen LogP contribution in [0.1, 0.15) is 10.4 Å². The molecule has 33 heavy (non-hydrogen) atoms. The second kappa shape index (κ2) is 9.57. The molecular weight excluding hydrogens is 450 g/mol. The van der Waals surface area contributed by atoms with Crippen molar-refractivity contribution >= 4 is 33.0 Å². The van der Waals surface area contributed by atoms with Gasteiger partial charge in [-0.2, -0.15) is 0 Å². The molecule has 0 bridgehead atoms. The Morgan fingerprint density at radius 1 is 1.00 bits per heavy atom. The smallest absolute Gasteiger partial charge is 0.271 e. The molecule has 3 aromatic rings. The van der Waals surface area contributed by atoms with Crippen LogP contribution in [-0.2, 0) is 10.0 Å². The molecule has 0 fully saturated rings. The van der Waals surface area contributed by atoms with Gasteiger partial charge in [-0.25, -0.2) is 8.42 Å². The van der Waals surface area contributed by atoms with Gasteiger partial charge >= 0.3 is 0 Å². The Bertz CT molecular complexity index is 1290. The number of non-ortho nitro benzene ring substituents is 1. The zero-order valence-corrected chi connectivity index (χ0v) is 18.8. The van der Waals surface area contributed by atoms with E-state index >= 15 is 0 Å². The third-order valence-electron chi connectivity index (χ3n) is 4.83. The molecule has 0 saturated heterocycles. The average molecular weight is 471 g/mol. The summed E-state index contributed by atoms with van der Waals surface area (Å²) in [7, 11) is -0.280. The lowest BCUT2D eigenvalue weighted by Crippen LogP contribution is -2.29. The molecular formula is C22H21N3O7S. The highest BCUT2D eigenvalue weighted by atomic mass is 32.2. The number of nitro benzene ring substituents is 1. The Hall–Kier alpha value is -4.12. The molecule has 0 saturated carbocycles. The van der Waals surface area contributed by atoms with Crippen LogP contribution in [0.5, 0.6) is 11.5 Å². The number of ether oxygens (including phenoxy) is 2. The molecule has 11 heteroatoms. The SMILES string of the molecule is COc1ccc(NC(=O)c2ccccc2N(C)S(=O)(=O)c2cc([N+](=O)[O-])ccc2OC)cc1. The molecule has 0 unspecified atom stereocenters. The maximum Gasteiger partial charge on any atom is 0.271 e. The first kappa shape index (κ1) is 23.5. The molecule has 172 valence electrons. The third kappa shape index (κ3) is 4.88. The third-order valence-corrected chi connectivity index (χ3v) is 6.62. The minimum absolute atomic E-state index is 0.0624. The molecule has 0 atom stereocenters. The Morgan fingerprint density at radius 3 is 2.27 bits per heavy atom. The van der Waals surface area contributed by atoms with Gasteiger partial charge in [-0.05, 0) is 42.5 Å². The molecule has 0 radical (unpaired) electrons. The highest BCUT2D eigenvalue weighted by Crippen LogP contribution is 2.33. The van der Waals surface area contributed by atoms with Crippen LogP contribution in [0.15, 0.2) is 71.6 Å². The van der Waals surface area contributed by atoms with Gasteiger partial charge in [0.25, 0.3) is 21.6 Å². The number of methoxy groups -OCH3 is 2. The van der Waals surface area contributed by atoms with Gasteiger partial charge in [0.2, 0.25) is 0 Å². The molecule has 0 spiro atoms. The number of anilines is 2. The van der Waals surface area contributed by atoms with Crippen LogP contribution in [0.4, 0.5) is 17.1 Å². The lowest BCUT2D eigenvalue weighted by Gasteiger charge is -2.23. The highest BCUT2D eigenvalue weighted by Gasteiger charge is 2.30. The number of carbonyl (C=O) groups is 1. The van der Waals surface area contributed by atoms with Crippen molar-refractivity contribution in [1.29, 1.82) is 0 Å². The van der Waals surface area contributed by atoms with Crippen molar-refractivity contribution < 1.29 is 27.6 Å². The number of benzene rings is 3. The van der Waals surface area contributed by atoms with Crippen LogP contribution in [0.3, 0.4) is 0 Å². The second-order valence-electron chi connectivity index (χ2n) is 6.76. The number of nitro groups is 1. The van der Waals surface area contributed by atoms with Crippen molar-refractivity contribution in [1.82, 2.24) is 0 Å². The molecule has 0 aliphatic heterocycles. The number of nitrogens with one attached hydrogen (secondary N) is 1. The van der Waals surface area contributed by atoms with Gasteiger partial charge < -0.3 is 14.8 Å². The van der Waals surface area contributed by atoms with Gasteiger partial charge in [-0.15, -0.1) is 0 Å². The Morgan fingerprint density at radius 2 is 1.67 bits per heavy atom. The molecule has 10 nitrogen and oxygen atoms in total. The summed E-state index contributed by atoms with van der Waals surface area (Å²) < 4.78 is 37.8. The molecule has 0 aromatic heterocycles. The Kier molecular flexibility index (Phi) is 6.83. The van der Waals surface area contributed by atoms with Crippen LogP contribution in [0, 0.1) is 10.1 Å². The number of para-hydroxylation sites is 1. The van der Waals surface area contributed by atoms with Crippen molar-refractivity contribution in [2.75, 3.05) is 30.9 Å². The van der Waals surface area contributed by atoms with Crippen LogP contribution in [-0.4, -0.2) is 40.5 Å². The number of hydrogen-bond acceptors (Lipinski definition) is 7. The summed E-state index contributed by atoms with van der Waals surface area (Å²) in [5.41, 5.74) is 0.246. The van der Waals surface area contributed by atoms with E-state index in [2.05, 4.69) is 5.32 Å². The van der Waals surface area contributed by atoms with Gasteiger partial charge in [0.05, 0.1) is 30.4 Å². The van der Waals surface area contributed by atoms with Crippen LogP contribution in [0.2, 0.25) is 0 Å². The van der Waals surface area contributed by atoms with E-state index in [4.69, 9.17) is 9.47 Å². The van der Waals surface area contributed by atoms with Crippen LogP contribution >= 0.6 is 0 Å². The maximum atomic E-state index is 13.4. The van der Waals surface area contributed by atoms with Gasteiger partial charge in [-0.3, -0.25) is 19.2 Å². The second-order valence-corrected chi connectivity index (χ2v) is 8.70. The fourth-order valence-electron chi connectivity index (χ4n) is 3.07. The minimum Gasteiger partial charge on any atom is -0.497 e. The van der Waals surface area contributed by atoms with Gasteiger partial charge in [0, 0.05) is 24.9 Å². The summed E-state index contributed by atoms with van der Waals surface area (Å²) >= 11 is 0. The fraction of sp³-hybridized carbons (Fsp3) is 0.136. The zero-order chi connectivity index (χ0) is 24.2.